The van der Waals surface area contributed by atoms with E-state index in [9.17, 15) is 4.79 Å². The highest BCUT2D eigenvalue weighted by molar-refractivity contribution is 5.57. The molecule has 0 atom stereocenters. The molecule has 5 heteroatoms. The van der Waals surface area contributed by atoms with E-state index in [1.807, 2.05) is 0 Å². The Morgan fingerprint density at radius 1 is 0.867 bits per heavy atom. The summed E-state index contributed by atoms with van der Waals surface area (Å²) in [5.74, 6) is 0. The molecule has 5 nitrogen and oxygen atoms in total. The number of piperazine rings is 2. The van der Waals surface area contributed by atoms with E-state index in [-0.39, 0.29) is 6.17 Å². The number of hydrogen-bond acceptors (Lipinski definition) is 5. The maximum Gasteiger partial charge on any atom is 0.151 e. The van der Waals surface area contributed by atoms with E-state index in [0.29, 0.717) is 0 Å². The van der Waals surface area contributed by atoms with Crippen LogP contribution in [0.2, 0.25) is 0 Å². The van der Waals surface area contributed by atoms with Gasteiger partial charge in [0.1, 0.15) is 6.17 Å². The van der Waals surface area contributed by atoms with E-state index in [1.54, 1.807) is 0 Å². The normalized spacial score (nSPS) is 25.7. The Labute approximate surface area is 90.8 Å². The van der Waals surface area contributed by atoms with Crippen LogP contribution >= 0.6 is 0 Å². The van der Waals surface area contributed by atoms with Gasteiger partial charge in [-0.15, -0.1) is 0 Å². The lowest BCUT2D eigenvalue weighted by Crippen LogP contribution is -2.59. The molecule has 2 rings (SSSR count). The molecular weight excluding hydrogens is 192 g/mol. The van der Waals surface area contributed by atoms with Crippen LogP contribution < -0.4 is 10.6 Å². The molecule has 2 aliphatic rings. The molecule has 0 aliphatic carbocycles. The highest BCUT2D eigenvalue weighted by Crippen LogP contribution is 2.06. The number of nitrogens with zero attached hydrogens (tertiary/aromatic N) is 2. The van der Waals surface area contributed by atoms with Crippen molar-refractivity contribution in [3.8, 4) is 0 Å². The molecule has 0 aromatic carbocycles. The van der Waals surface area contributed by atoms with Crippen LogP contribution in [0.3, 0.4) is 0 Å². The van der Waals surface area contributed by atoms with E-state index in [1.165, 1.54) is 0 Å². The second-order valence-electron chi connectivity index (χ2n) is 4.12. The lowest BCUT2D eigenvalue weighted by atomic mass is 10.2. The van der Waals surface area contributed by atoms with Crippen molar-refractivity contribution in [2.75, 3.05) is 52.4 Å². The Bertz CT molecular complexity index is 182. The maximum absolute atomic E-state index is 11.2. The van der Waals surface area contributed by atoms with Gasteiger partial charge in [-0.05, 0) is 0 Å². The summed E-state index contributed by atoms with van der Waals surface area (Å²) in [4.78, 5) is 15.7. The Balaban J connectivity index is 1.91. The summed E-state index contributed by atoms with van der Waals surface area (Å²) in [6, 6.07) is 0. The number of carbonyl (C=O) groups is 1. The average Bonchev–Trinajstić information content (AvgIpc) is 2.33. The minimum absolute atomic E-state index is 0.00537. The van der Waals surface area contributed by atoms with Gasteiger partial charge in [-0.2, -0.15) is 0 Å². The molecule has 2 aliphatic heterocycles. The monoisotopic (exact) mass is 212 g/mol. The third kappa shape index (κ3) is 2.75. The van der Waals surface area contributed by atoms with E-state index in [2.05, 4.69) is 20.4 Å². The van der Waals surface area contributed by atoms with Gasteiger partial charge < -0.3 is 15.4 Å². The molecule has 2 N–H and O–H groups in total. The van der Waals surface area contributed by atoms with Gasteiger partial charge in [-0.1, -0.05) is 0 Å². The molecule has 0 aromatic heterocycles. The van der Waals surface area contributed by atoms with Gasteiger partial charge >= 0.3 is 0 Å². The summed E-state index contributed by atoms with van der Waals surface area (Å²) < 4.78 is 0. The largest absolute Gasteiger partial charge is 0.314 e. The molecule has 0 amide bonds. The zero-order chi connectivity index (χ0) is 10.5. The van der Waals surface area contributed by atoms with Gasteiger partial charge in [0, 0.05) is 52.4 Å². The molecule has 2 saturated heterocycles. The first-order valence-electron chi connectivity index (χ1n) is 5.76. The predicted molar refractivity (Wildman–Crippen MR) is 58.7 cm³/mol. The molecule has 86 valence electrons. The maximum atomic E-state index is 11.2. The van der Waals surface area contributed by atoms with E-state index in [0.717, 1.165) is 58.6 Å². The minimum Gasteiger partial charge on any atom is -0.314 e. The van der Waals surface area contributed by atoms with Crippen LogP contribution in [0, 0.1) is 0 Å². The standard InChI is InChI=1S/C10H20N4O/c15-9-10(13-5-1-11-2-6-13)14-7-3-12-4-8-14/h9-12H,1-8H2. The van der Waals surface area contributed by atoms with Crippen molar-refractivity contribution in [3.05, 3.63) is 0 Å². The van der Waals surface area contributed by atoms with Crippen molar-refractivity contribution >= 4 is 6.29 Å². The fourth-order valence-electron chi connectivity index (χ4n) is 2.30. The first-order chi connectivity index (χ1) is 7.42. The first-order valence-corrected chi connectivity index (χ1v) is 5.76. The van der Waals surface area contributed by atoms with Gasteiger partial charge in [0.05, 0.1) is 0 Å². The molecule has 0 radical (unpaired) electrons. The SMILES string of the molecule is O=CC(N1CCNCC1)N1CCNCC1. The van der Waals surface area contributed by atoms with E-state index >= 15 is 0 Å². The summed E-state index contributed by atoms with van der Waals surface area (Å²) in [6.07, 6.45) is 1.09. The molecular formula is C10H20N4O. The second kappa shape index (κ2) is 5.55. The molecule has 15 heavy (non-hydrogen) atoms. The number of nitrogens with one attached hydrogen (secondary N) is 2. The van der Waals surface area contributed by atoms with Gasteiger partial charge in [-0.3, -0.25) is 9.80 Å². The van der Waals surface area contributed by atoms with Gasteiger partial charge in [0.25, 0.3) is 0 Å². The minimum atomic E-state index is -0.00537. The molecule has 0 spiro atoms. The van der Waals surface area contributed by atoms with Gasteiger partial charge in [-0.25, -0.2) is 0 Å². The summed E-state index contributed by atoms with van der Waals surface area (Å²) in [6.45, 7) is 7.90. The van der Waals surface area contributed by atoms with Crippen LogP contribution in [0.15, 0.2) is 0 Å². The summed E-state index contributed by atoms with van der Waals surface area (Å²) in [5, 5.41) is 6.62. The molecule has 0 unspecified atom stereocenters. The van der Waals surface area contributed by atoms with Crippen LogP contribution in [-0.2, 0) is 4.79 Å². The van der Waals surface area contributed by atoms with Crippen LogP contribution in [0.5, 0.6) is 0 Å². The van der Waals surface area contributed by atoms with E-state index in [4.69, 9.17) is 0 Å². The third-order valence-electron chi connectivity index (χ3n) is 3.17. The van der Waals surface area contributed by atoms with Crippen molar-refractivity contribution in [1.82, 2.24) is 20.4 Å². The van der Waals surface area contributed by atoms with Crippen LogP contribution in [-0.4, -0.2) is 74.6 Å². The van der Waals surface area contributed by atoms with Crippen LogP contribution in [0.4, 0.5) is 0 Å². The molecule has 2 heterocycles. The number of rotatable bonds is 3. The zero-order valence-corrected chi connectivity index (χ0v) is 9.11. The summed E-state index contributed by atoms with van der Waals surface area (Å²) in [7, 11) is 0. The van der Waals surface area contributed by atoms with Crippen LogP contribution in [0.1, 0.15) is 0 Å². The predicted octanol–water partition coefficient (Wildman–Crippen LogP) is -1.68. The Kier molecular flexibility index (Phi) is 4.08. The van der Waals surface area contributed by atoms with Crippen LogP contribution in [0.25, 0.3) is 0 Å². The number of hydrogen-bond donors (Lipinski definition) is 2. The Morgan fingerprint density at radius 3 is 1.60 bits per heavy atom. The van der Waals surface area contributed by atoms with E-state index < -0.39 is 0 Å². The number of aldehydes is 1. The molecule has 0 saturated carbocycles. The Morgan fingerprint density at radius 2 is 1.27 bits per heavy atom. The fraction of sp³-hybridized carbons (Fsp3) is 0.900. The highest BCUT2D eigenvalue weighted by atomic mass is 16.1. The van der Waals surface area contributed by atoms with Crippen molar-refractivity contribution in [2.24, 2.45) is 0 Å². The molecule has 0 aromatic rings. The number of carbonyl (C=O) groups excluding carboxylic acids is 1. The quantitative estimate of drug-likeness (QED) is 0.547. The van der Waals surface area contributed by atoms with Crippen molar-refractivity contribution < 1.29 is 4.79 Å². The van der Waals surface area contributed by atoms with Crippen molar-refractivity contribution in [3.63, 3.8) is 0 Å². The lowest BCUT2D eigenvalue weighted by Gasteiger charge is -2.40. The van der Waals surface area contributed by atoms with Gasteiger partial charge in [0.2, 0.25) is 0 Å². The third-order valence-corrected chi connectivity index (χ3v) is 3.17. The Hall–Kier alpha value is -0.490. The second-order valence-corrected chi connectivity index (χ2v) is 4.12. The van der Waals surface area contributed by atoms with Crippen molar-refractivity contribution in [2.45, 2.75) is 6.17 Å². The summed E-state index contributed by atoms with van der Waals surface area (Å²) in [5.41, 5.74) is 0. The molecule has 2 fully saturated rings. The first kappa shape index (κ1) is 11.0. The highest BCUT2D eigenvalue weighted by Gasteiger charge is 2.26. The smallest absolute Gasteiger partial charge is 0.151 e. The zero-order valence-electron chi connectivity index (χ0n) is 9.11. The fourth-order valence-corrected chi connectivity index (χ4v) is 2.30. The average molecular weight is 212 g/mol. The topological polar surface area (TPSA) is 47.6 Å². The molecule has 0 bridgehead atoms. The van der Waals surface area contributed by atoms with Crippen molar-refractivity contribution in [1.29, 1.82) is 0 Å². The summed E-state index contributed by atoms with van der Waals surface area (Å²) >= 11 is 0. The van der Waals surface area contributed by atoms with Gasteiger partial charge in [0.15, 0.2) is 6.29 Å². The lowest BCUT2D eigenvalue weighted by molar-refractivity contribution is -0.119.